The zero-order valence-corrected chi connectivity index (χ0v) is 12.8. The summed E-state index contributed by atoms with van der Waals surface area (Å²) in [5.41, 5.74) is 1.57. The van der Waals surface area contributed by atoms with E-state index < -0.39 is 23.1 Å². The Labute approximate surface area is 137 Å². The summed E-state index contributed by atoms with van der Waals surface area (Å²) in [4.78, 5) is 16.4. The van der Waals surface area contributed by atoms with Gasteiger partial charge < -0.3 is 5.32 Å². The molecule has 2 aromatic heterocycles. The van der Waals surface area contributed by atoms with Crippen molar-refractivity contribution in [2.24, 2.45) is 7.05 Å². The van der Waals surface area contributed by atoms with Gasteiger partial charge in [0.1, 0.15) is 17.2 Å². The standard InChI is InChI=1S/C17H14F2N4O/c1-23-10-12(9-22-23)16-11(4-3-7-20-16)8-21-17(24)15-13(18)5-2-6-14(15)19/h2-7,9-10H,8H2,1H3,(H,21,24). The Morgan fingerprint density at radius 3 is 2.62 bits per heavy atom. The topological polar surface area (TPSA) is 59.8 Å². The molecule has 122 valence electrons. The van der Waals surface area contributed by atoms with E-state index >= 15 is 0 Å². The van der Waals surface area contributed by atoms with E-state index in [9.17, 15) is 13.6 Å². The second-order valence-electron chi connectivity index (χ2n) is 5.19. The fourth-order valence-corrected chi connectivity index (χ4v) is 2.36. The summed E-state index contributed by atoms with van der Waals surface area (Å²) in [6.07, 6.45) is 5.08. The highest BCUT2D eigenvalue weighted by Crippen LogP contribution is 2.20. The Morgan fingerprint density at radius 1 is 1.21 bits per heavy atom. The van der Waals surface area contributed by atoms with Gasteiger partial charge in [0.2, 0.25) is 0 Å². The van der Waals surface area contributed by atoms with Gasteiger partial charge in [0.05, 0.1) is 11.9 Å². The highest BCUT2D eigenvalue weighted by atomic mass is 19.1. The first-order valence-corrected chi connectivity index (χ1v) is 7.21. The van der Waals surface area contributed by atoms with Crippen LogP contribution in [0.15, 0.2) is 48.9 Å². The van der Waals surface area contributed by atoms with Crippen molar-refractivity contribution < 1.29 is 13.6 Å². The summed E-state index contributed by atoms with van der Waals surface area (Å²) in [5.74, 6) is -2.61. The summed E-state index contributed by atoms with van der Waals surface area (Å²) < 4.78 is 28.9. The first kappa shape index (κ1) is 15.8. The molecule has 7 heteroatoms. The lowest BCUT2D eigenvalue weighted by Crippen LogP contribution is -2.25. The number of nitrogens with one attached hydrogen (secondary N) is 1. The molecule has 0 radical (unpaired) electrons. The number of hydrogen-bond donors (Lipinski definition) is 1. The normalized spacial score (nSPS) is 10.6. The van der Waals surface area contributed by atoms with Crippen LogP contribution in [0, 0.1) is 11.6 Å². The first-order chi connectivity index (χ1) is 11.6. The van der Waals surface area contributed by atoms with Crippen LogP contribution in [0.25, 0.3) is 11.3 Å². The maximum atomic E-state index is 13.6. The number of nitrogens with zero attached hydrogens (tertiary/aromatic N) is 3. The molecular weight excluding hydrogens is 314 g/mol. The number of amides is 1. The third kappa shape index (κ3) is 3.15. The number of aryl methyl sites for hydroxylation is 1. The molecule has 0 aliphatic rings. The van der Waals surface area contributed by atoms with E-state index in [0.29, 0.717) is 5.69 Å². The highest BCUT2D eigenvalue weighted by molar-refractivity contribution is 5.94. The van der Waals surface area contributed by atoms with Crippen LogP contribution < -0.4 is 5.32 Å². The van der Waals surface area contributed by atoms with Crippen molar-refractivity contribution in [1.82, 2.24) is 20.1 Å². The van der Waals surface area contributed by atoms with Crippen molar-refractivity contribution in [3.63, 3.8) is 0 Å². The number of carbonyl (C=O) groups excluding carboxylic acids is 1. The quantitative estimate of drug-likeness (QED) is 0.801. The van der Waals surface area contributed by atoms with Gasteiger partial charge >= 0.3 is 0 Å². The minimum absolute atomic E-state index is 0.0880. The molecule has 1 aromatic carbocycles. The third-order valence-corrected chi connectivity index (χ3v) is 3.50. The van der Waals surface area contributed by atoms with Gasteiger partial charge in [-0.3, -0.25) is 14.5 Å². The van der Waals surface area contributed by atoms with Gasteiger partial charge in [-0.05, 0) is 23.8 Å². The second kappa shape index (κ2) is 6.57. The minimum Gasteiger partial charge on any atom is -0.348 e. The predicted octanol–water partition coefficient (Wildman–Crippen LogP) is 2.69. The van der Waals surface area contributed by atoms with Gasteiger partial charge in [0.15, 0.2) is 0 Å². The fraction of sp³-hybridized carbons (Fsp3) is 0.118. The van der Waals surface area contributed by atoms with Crippen LogP contribution in [-0.2, 0) is 13.6 Å². The fourth-order valence-electron chi connectivity index (χ4n) is 2.36. The molecule has 0 saturated heterocycles. The van der Waals surface area contributed by atoms with Crippen LogP contribution >= 0.6 is 0 Å². The molecule has 0 saturated carbocycles. The number of carbonyl (C=O) groups is 1. The summed E-state index contributed by atoms with van der Waals surface area (Å²) >= 11 is 0. The van der Waals surface area contributed by atoms with E-state index in [0.717, 1.165) is 23.3 Å². The average molecular weight is 328 g/mol. The highest BCUT2D eigenvalue weighted by Gasteiger charge is 2.17. The van der Waals surface area contributed by atoms with Crippen molar-refractivity contribution in [3.05, 3.63) is 71.7 Å². The monoisotopic (exact) mass is 328 g/mol. The van der Waals surface area contributed by atoms with Crippen molar-refractivity contribution in [3.8, 4) is 11.3 Å². The van der Waals surface area contributed by atoms with Gasteiger partial charge in [0, 0.05) is 31.5 Å². The summed E-state index contributed by atoms with van der Waals surface area (Å²) in [5, 5.41) is 6.62. The van der Waals surface area contributed by atoms with Crippen LogP contribution in [0.3, 0.4) is 0 Å². The number of aromatic nitrogens is 3. The number of rotatable bonds is 4. The molecule has 0 aliphatic carbocycles. The SMILES string of the molecule is Cn1cc(-c2ncccc2CNC(=O)c2c(F)cccc2F)cn1. The van der Waals surface area contributed by atoms with Crippen molar-refractivity contribution >= 4 is 5.91 Å². The van der Waals surface area contributed by atoms with Crippen molar-refractivity contribution in [2.75, 3.05) is 0 Å². The Balaban J connectivity index is 1.82. The van der Waals surface area contributed by atoms with Gasteiger partial charge in [-0.2, -0.15) is 5.10 Å². The predicted molar refractivity (Wildman–Crippen MR) is 84.0 cm³/mol. The summed E-state index contributed by atoms with van der Waals surface area (Å²) in [7, 11) is 1.79. The lowest BCUT2D eigenvalue weighted by Gasteiger charge is -2.09. The number of pyridine rings is 1. The lowest BCUT2D eigenvalue weighted by molar-refractivity contribution is 0.0942. The molecule has 5 nitrogen and oxygen atoms in total. The molecule has 3 aromatic rings. The Kier molecular flexibility index (Phi) is 4.33. The van der Waals surface area contributed by atoms with Gasteiger partial charge in [-0.1, -0.05) is 12.1 Å². The molecule has 2 heterocycles. The van der Waals surface area contributed by atoms with Crippen molar-refractivity contribution in [1.29, 1.82) is 0 Å². The Morgan fingerprint density at radius 2 is 1.96 bits per heavy atom. The van der Waals surface area contributed by atoms with Gasteiger partial charge in [-0.25, -0.2) is 8.78 Å². The lowest BCUT2D eigenvalue weighted by atomic mass is 10.1. The molecular formula is C17H14F2N4O. The van der Waals surface area contributed by atoms with E-state index in [1.54, 1.807) is 42.5 Å². The Bertz CT molecular complexity index is 872. The third-order valence-electron chi connectivity index (χ3n) is 3.50. The van der Waals surface area contributed by atoms with Crippen LogP contribution in [0.4, 0.5) is 8.78 Å². The Hall–Kier alpha value is -3.09. The van der Waals surface area contributed by atoms with E-state index in [4.69, 9.17) is 0 Å². The smallest absolute Gasteiger partial charge is 0.257 e. The molecule has 1 amide bonds. The molecule has 1 N–H and O–H groups in total. The molecule has 0 spiro atoms. The largest absolute Gasteiger partial charge is 0.348 e. The average Bonchev–Trinajstić information content (AvgIpc) is 2.99. The molecule has 0 aliphatic heterocycles. The van der Waals surface area contributed by atoms with Gasteiger partial charge in [0.25, 0.3) is 5.91 Å². The zero-order valence-electron chi connectivity index (χ0n) is 12.8. The number of hydrogen-bond acceptors (Lipinski definition) is 3. The van der Waals surface area contributed by atoms with E-state index in [-0.39, 0.29) is 6.54 Å². The first-order valence-electron chi connectivity index (χ1n) is 7.21. The number of benzene rings is 1. The summed E-state index contributed by atoms with van der Waals surface area (Å²) in [6.45, 7) is 0.0880. The van der Waals surface area contributed by atoms with Crippen LogP contribution in [-0.4, -0.2) is 20.7 Å². The zero-order chi connectivity index (χ0) is 17.1. The minimum atomic E-state index is -0.897. The maximum absolute atomic E-state index is 13.6. The maximum Gasteiger partial charge on any atom is 0.257 e. The molecule has 0 fully saturated rings. The van der Waals surface area contributed by atoms with E-state index in [1.165, 1.54) is 6.07 Å². The van der Waals surface area contributed by atoms with E-state index in [1.807, 2.05) is 0 Å². The van der Waals surface area contributed by atoms with Crippen LogP contribution in [0.2, 0.25) is 0 Å². The molecule has 0 unspecified atom stereocenters. The molecule has 24 heavy (non-hydrogen) atoms. The van der Waals surface area contributed by atoms with Crippen molar-refractivity contribution in [2.45, 2.75) is 6.54 Å². The molecule has 0 bridgehead atoms. The van der Waals surface area contributed by atoms with Crippen LogP contribution in [0.1, 0.15) is 15.9 Å². The van der Waals surface area contributed by atoms with E-state index in [2.05, 4.69) is 15.4 Å². The molecule has 3 rings (SSSR count). The van der Waals surface area contributed by atoms with Crippen LogP contribution in [0.5, 0.6) is 0 Å². The second-order valence-corrected chi connectivity index (χ2v) is 5.19. The number of halogens is 2. The van der Waals surface area contributed by atoms with Gasteiger partial charge in [-0.15, -0.1) is 0 Å². The summed E-state index contributed by atoms with van der Waals surface area (Å²) in [6, 6.07) is 6.81. The molecule has 0 atom stereocenters.